The zero-order chi connectivity index (χ0) is 20.5. The minimum Gasteiger partial charge on any atom is -0.383 e. The third-order valence-electron chi connectivity index (χ3n) is 5.33. The lowest BCUT2D eigenvalue weighted by atomic mass is 10.0. The average molecular weight is 389 g/mol. The third-order valence-corrected chi connectivity index (χ3v) is 5.33. The van der Waals surface area contributed by atoms with Crippen molar-refractivity contribution < 1.29 is 9.59 Å². The van der Waals surface area contributed by atoms with Gasteiger partial charge in [-0.05, 0) is 51.0 Å². The van der Waals surface area contributed by atoms with Crippen LogP contribution in [-0.4, -0.2) is 43.9 Å². The molecule has 0 unspecified atom stereocenters. The Morgan fingerprint density at radius 3 is 2.52 bits per heavy atom. The molecule has 1 aromatic carbocycles. The van der Waals surface area contributed by atoms with Gasteiger partial charge in [0.2, 0.25) is 0 Å². The van der Waals surface area contributed by atoms with Gasteiger partial charge in [-0.1, -0.05) is 17.7 Å². The number of nitrogens with zero attached hydrogens (tertiary/aromatic N) is 4. The maximum Gasteiger partial charge on any atom is 0.256 e. The smallest absolute Gasteiger partial charge is 0.256 e. The number of aryl methyl sites for hydroxylation is 2. The maximum absolute atomic E-state index is 13.2. The number of carbonyl (C=O) groups excluding carboxylic acids is 2. The predicted molar refractivity (Wildman–Crippen MR) is 110 cm³/mol. The van der Waals surface area contributed by atoms with Crippen molar-refractivity contribution in [2.24, 2.45) is 0 Å². The fourth-order valence-corrected chi connectivity index (χ4v) is 3.66. The number of rotatable bonds is 4. The van der Waals surface area contributed by atoms with Gasteiger partial charge in [0.05, 0.1) is 29.1 Å². The molecule has 0 spiro atoms. The largest absolute Gasteiger partial charge is 0.383 e. The Bertz CT molecular complexity index is 1050. The first kappa shape index (κ1) is 18.9. The summed E-state index contributed by atoms with van der Waals surface area (Å²) in [4.78, 5) is 32.0. The summed E-state index contributed by atoms with van der Waals surface area (Å²) in [6, 6.07) is 10.7. The van der Waals surface area contributed by atoms with Crippen LogP contribution >= 0.6 is 0 Å². The van der Waals surface area contributed by atoms with Gasteiger partial charge in [-0.3, -0.25) is 14.6 Å². The van der Waals surface area contributed by atoms with Gasteiger partial charge in [0, 0.05) is 18.4 Å². The molecule has 1 aliphatic heterocycles. The number of likely N-dealkylation sites (tertiary alicyclic amines) is 1. The molecule has 1 amide bonds. The van der Waals surface area contributed by atoms with Crippen LogP contribution in [0.25, 0.3) is 5.69 Å². The SMILES string of the molecule is Cc1ccc(-n2ncc(C(=O)[C@H]3CCCN3C(=O)c3ccc(C)nc3)c2N)cc1. The minimum atomic E-state index is -0.540. The highest BCUT2D eigenvalue weighted by atomic mass is 16.2. The van der Waals surface area contributed by atoms with E-state index >= 15 is 0 Å². The van der Waals surface area contributed by atoms with Crippen LogP contribution in [0.3, 0.4) is 0 Å². The molecule has 1 atom stereocenters. The molecule has 0 radical (unpaired) electrons. The van der Waals surface area contributed by atoms with E-state index in [0.717, 1.165) is 23.4 Å². The number of Topliss-reactive ketones (excluding diaryl/α,β-unsaturated/α-hetero) is 1. The fourth-order valence-electron chi connectivity index (χ4n) is 3.66. The van der Waals surface area contributed by atoms with Crippen LogP contribution in [-0.2, 0) is 0 Å². The summed E-state index contributed by atoms with van der Waals surface area (Å²) in [6.07, 6.45) is 4.43. The van der Waals surface area contributed by atoms with Crippen LogP contribution in [0.4, 0.5) is 5.82 Å². The molecule has 3 aromatic rings. The number of nitrogens with two attached hydrogens (primary N) is 1. The van der Waals surface area contributed by atoms with E-state index in [1.807, 2.05) is 38.1 Å². The van der Waals surface area contributed by atoms with Crippen molar-refractivity contribution in [1.82, 2.24) is 19.7 Å². The van der Waals surface area contributed by atoms with Gasteiger partial charge in [-0.15, -0.1) is 0 Å². The van der Waals surface area contributed by atoms with Crippen molar-refractivity contribution >= 4 is 17.5 Å². The van der Waals surface area contributed by atoms with E-state index in [2.05, 4.69) is 10.1 Å². The summed E-state index contributed by atoms with van der Waals surface area (Å²) in [7, 11) is 0. The number of nitrogen functional groups attached to an aromatic ring is 1. The van der Waals surface area contributed by atoms with Crippen molar-refractivity contribution in [1.29, 1.82) is 0 Å². The van der Waals surface area contributed by atoms with E-state index < -0.39 is 6.04 Å². The average Bonchev–Trinajstić information content (AvgIpc) is 3.35. The van der Waals surface area contributed by atoms with Crippen LogP contribution in [0.1, 0.15) is 44.8 Å². The van der Waals surface area contributed by atoms with Gasteiger partial charge < -0.3 is 10.6 Å². The van der Waals surface area contributed by atoms with Gasteiger partial charge >= 0.3 is 0 Å². The summed E-state index contributed by atoms with van der Waals surface area (Å²) in [5, 5.41) is 4.30. The Kier molecular flexibility index (Phi) is 4.88. The summed E-state index contributed by atoms with van der Waals surface area (Å²) >= 11 is 0. The first-order chi connectivity index (χ1) is 14.0. The van der Waals surface area contributed by atoms with E-state index in [-0.39, 0.29) is 17.5 Å². The molecule has 4 rings (SSSR count). The van der Waals surface area contributed by atoms with E-state index in [0.29, 0.717) is 24.1 Å². The van der Waals surface area contributed by atoms with E-state index in [9.17, 15) is 9.59 Å². The molecular weight excluding hydrogens is 366 g/mol. The number of benzene rings is 1. The first-order valence-corrected chi connectivity index (χ1v) is 9.64. The molecule has 0 aliphatic carbocycles. The highest BCUT2D eigenvalue weighted by Crippen LogP contribution is 2.26. The lowest BCUT2D eigenvalue weighted by molar-refractivity contribution is 0.0671. The third kappa shape index (κ3) is 3.51. The molecule has 7 heteroatoms. The molecule has 2 aromatic heterocycles. The van der Waals surface area contributed by atoms with Crippen molar-refractivity contribution in [3.8, 4) is 5.69 Å². The molecule has 29 heavy (non-hydrogen) atoms. The lowest BCUT2D eigenvalue weighted by Gasteiger charge is -2.23. The predicted octanol–water partition coefficient (Wildman–Crippen LogP) is 2.95. The molecule has 1 fully saturated rings. The highest BCUT2D eigenvalue weighted by Gasteiger charge is 2.36. The number of pyridine rings is 1. The number of hydrogen-bond donors (Lipinski definition) is 1. The van der Waals surface area contributed by atoms with Crippen molar-refractivity contribution in [3.63, 3.8) is 0 Å². The standard InChI is InChI=1S/C22H23N5O2/c1-14-5-9-17(10-6-14)27-21(23)18(13-25-27)20(28)19-4-3-11-26(19)22(29)16-8-7-15(2)24-12-16/h5-10,12-13,19H,3-4,11,23H2,1-2H3/t19-/m1/s1. The number of anilines is 1. The van der Waals surface area contributed by atoms with Crippen LogP contribution in [0.5, 0.6) is 0 Å². The zero-order valence-electron chi connectivity index (χ0n) is 16.5. The first-order valence-electron chi connectivity index (χ1n) is 9.64. The van der Waals surface area contributed by atoms with Crippen molar-refractivity contribution in [2.75, 3.05) is 12.3 Å². The van der Waals surface area contributed by atoms with Crippen LogP contribution in [0.15, 0.2) is 48.8 Å². The molecule has 1 saturated heterocycles. The summed E-state index contributed by atoms with van der Waals surface area (Å²) in [6.45, 7) is 4.40. The molecule has 0 bridgehead atoms. The quantitative estimate of drug-likeness (QED) is 0.693. The maximum atomic E-state index is 13.2. The number of carbonyl (C=O) groups is 2. The number of hydrogen-bond acceptors (Lipinski definition) is 5. The highest BCUT2D eigenvalue weighted by molar-refractivity contribution is 6.07. The fraction of sp³-hybridized carbons (Fsp3) is 0.273. The van der Waals surface area contributed by atoms with Crippen LogP contribution in [0, 0.1) is 13.8 Å². The molecule has 7 nitrogen and oxygen atoms in total. The number of amides is 1. The molecule has 2 N–H and O–H groups in total. The summed E-state index contributed by atoms with van der Waals surface area (Å²) < 4.78 is 1.55. The number of aromatic nitrogens is 3. The van der Waals surface area contributed by atoms with Gasteiger partial charge in [-0.2, -0.15) is 5.10 Å². The Morgan fingerprint density at radius 2 is 1.83 bits per heavy atom. The second kappa shape index (κ2) is 7.50. The van der Waals surface area contributed by atoms with Crippen molar-refractivity contribution in [3.05, 3.63) is 71.2 Å². The molecule has 3 heterocycles. The molecular formula is C22H23N5O2. The molecule has 148 valence electrons. The minimum absolute atomic E-state index is 0.174. The van der Waals surface area contributed by atoms with Crippen LogP contribution < -0.4 is 5.73 Å². The van der Waals surface area contributed by atoms with E-state index in [1.165, 1.54) is 6.20 Å². The second-order valence-electron chi connectivity index (χ2n) is 7.40. The molecule has 1 aliphatic rings. The second-order valence-corrected chi connectivity index (χ2v) is 7.40. The monoisotopic (exact) mass is 389 g/mol. The Hall–Kier alpha value is -3.48. The lowest BCUT2D eigenvalue weighted by Crippen LogP contribution is -2.40. The molecule has 0 saturated carbocycles. The van der Waals surface area contributed by atoms with E-state index in [4.69, 9.17) is 5.73 Å². The van der Waals surface area contributed by atoms with Gasteiger partial charge in [-0.25, -0.2) is 4.68 Å². The normalized spacial score (nSPS) is 16.2. The zero-order valence-corrected chi connectivity index (χ0v) is 16.5. The Labute approximate surface area is 169 Å². The Balaban J connectivity index is 1.59. The topological polar surface area (TPSA) is 94.1 Å². The van der Waals surface area contributed by atoms with E-state index in [1.54, 1.807) is 27.9 Å². The summed E-state index contributed by atoms with van der Waals surface area (Å²) in [5.74, 6) is -0.0696. The van der Waals surface area contributed by atoms with Gasteiger partial charge in [0.25, 0.3) is 5.91 Å². The van der Waals surface area contributed by atoms with Gasteiger partial charge in [0.15, 0.2) is 5.78 Å². The van der Waals surface area contributed by atoms with Crippen LogP contribution in [0.2, 0.25) is 0 Å². The summed E-state index contributed by atoms with van der Waals surface area (Å²) in [5.41, 5.74) is 9.84. The van der Waals surface area contributed by atoms with Gasteiger partial charge in [0.1, 0.15) is 5.82 Å². The Morgan fingerprint density at radius 1 is 1.07 bits per heavy atom. The van der Waals surface area contributed by atoms with Crippen molar-refractivity contribution in [2.45, 2.75) is 32.7 Å². The number of ketones is 1.